The van der Waals surface area contributed by atoms with E-state index in [0.29, 0.717) is 17.1 Å². The summed E-state index contributed by atoms with van der Waals surface area (Å²) in [5.41, 5.74) is 0.674. The second kappa shape index (κ2) is 6.09. The Morgan fingerprint density at radius 3 is 2.60 bits per heavy atom. The number of rotatable bonds is 3. The van der Waals surface area contributed by atoms with E-state index in [2.05, 4.69) is 5.10 Å². The van der Waals surface area contributed by atoms with Crippen LogP contribution in [0.15, 0.2) is 23.8 Å². The van der Waals surface area contributed by atoms with Gasteiger partial charge in [-0.05, 0) is 32.1 Å². The van der Waals surface area contributed by atoms with Crippen molar-refractivity contribution in [2.24, 2.45) is 0 Å². The molecular weight excluding hydrogens is 328 g/mol. The Kier molecular flexibility index (Phi) is 3.94. The van der Waals surface area contributed by atoms with Crippen LogP contribution < -0.4 is 9.47 Å². The molecule has 0 amide bonds. The molecule has 1 aliphatic rings. The van der Waals surface area contributed by atoms with E-state index in [1.165, 1.54) is 12.1 Å². The third-order valence-corrected chi connectivity index (χ3v) is 3.57. The molecule has 0 N–H and O–H groups in total. The Morgan fingerprint density at radius 1 is 1.36 bits per heavy atom. The van der Waals surface area contributed by atoms with Gasteiger partial charge in [0.2, 0.25) is 6.79 Å². The van der Waals surface area contributed by atoms with E-state index in [0.717, 1.165) is 10.8 Å². The maximum atomic E-state index is 12.5. The highest BCUT2D eigenvalue weighted by Crippen LogP contribution is 2.38. The molecule has 2 aromatic rings. The predicted octanol–water partition coefficient (Wildman–Crippen LogP) is 2.38. The molecule has 0 atom stereocenters. The van der Waals surface area contributed by atoms with Crippen LogP contribution in [-0.2, 0) is 0 Å². The molecule has 1 aromatic heterocycles. The van der Waals surface area contributed by atoms with Gasteiger partial charge in [0.15, 0.2) is 11.5 Å². The van der Waals surface area contributed by atoms with E-state index < -0.39 is 10.8 Å². The van der Waals surface area contributed by atoms with Crippen LogP contribution in [-0.4, -0.2) is 27.4 Å². The topological polar surface area (TPSA) is 120 Å². The molecule has 3 rings (SSSR count). The monoisotopic (exact) mass is 340 g/mol. The van der Waals surface area contributed by atoms with Gasteiger partial charge in [-0.3, -0.25) is 14.9 Å². The van der Waals surface area contributed by atoms with Gasteiger partial charge in [0, 0.05) is 5.69 Å². The van der Waals surface area contributed by atoms with Gasteiger partial charge in [-0.15, -0.1) is 0 Å². The molecule has 0 spiro atoms. The highest BCUT2D eigenvalue weighted by molar-refractivity contribution is 6.03. The van der Waals surface area contributed by atoms with Crippen LogP contribution in [0, 0.1) is 35.3 Å². The number of carbonyl (C=O) groups is 1. The van der Waals surface area contributed by atoms with Crippen LogP contribution in [0.4, 0.5) is 5.69 Å². The van der Waals surface area contributed by atoms with Gasteiger partial charge in [0.05, 0.1) is 22.2 Å². The van der Waals surface area contributed by atoms with Crippen molar-refractivity contribution in [2.75, 3.05) is 6.79 Å². The summed E-state index contributed by atoms with van der Waals surface area (Å²) in [5.74, 6) is -0.111. The minimum atomic E-state index is -0.667. The molecule has 0 saturated heterocycles. The molecule has 25 heavy (non-hydrogen) atoms. The molecule has 0 saturated carbocycles. The summed E-state index contributed by atoms with van der Waals surface area (Å²) in [7, 11) is 0. The molecule has 0 aliphatic carbocycles. The fourth-order valence-corrected chi connectivity index (χ4v) is 2.47. The molecule has 1 aliphatic heterocycles. The van der Waals surface area contributed by atoms with Crippen molar-refractivity contribution < 1.29 is 19.2 Å². The summed E-state index contributed by atoms with van der Waals surface area (Å²) in [4.78, 5) is 23.2. The number of aromatic nitrogens is 2. The maximum absolute atomic E-state index is 12.5. The number of carbonyl (C=O) groups excluding carboxylic acids is 1. The largest absolute Gasteiger partial charge is 0.454 e. The van der Waals surface area contributed by atoms with Crippen molar-refractivity contribution in [3.63, 3.8) is 0 Å². The Hall–Kier alpha value is -3.67. The molecule has 0 bridgehead atoms. The number of nitro groups is 1. The lowest BCUT2D eigenvalue weighted by molar-refractivity contribution is -0.385. The van der Waals surface area contributed by atoms with Gasteiger partial charge in [-0.25, -0.2) is 4.68 Å². The summed E-state index contributed by atoms with van der Waals surface area (Å²) in [6.45, 7) is 3.35. The number of nitro benzene ring substituents is 1. The molecule has 2 heterocycles. The Bertz CT molecular complexity index is 968. The van der Waals surface area contributed by atoms with Gasteiger partial charge in [-0.2, -0.15) is 10.4 Å². The van der Waals surface area contributed by atoms with Gasteiger partial charge in [-0.1, -0.05) is 0 Å². The number of aryl methyl sites for hydroxylation is 2. The number of ether oxygens (including phenoxy) is 2. The van der Waals surface area contributed by atoms with Crippen LogP contribution >= 0.6 is 0 Å². The quantitative estimate of drug-likeness (QED) is 0.364. The van der Waals surface area contributed by atoms with Gasteiger partial charge >= 0.3 is 0 Å². The zero-order valence-electron chi connectivity index (χ0n) is 13.3. The SMILES string of the molecule is Cc1cc(C)n(C(=O)/C(C#N)=C/c2cc3c(cc2[N+](=O)[O-])OCO3)n1. The molecule has 126 valence electrons. The summed E-state index contributed by atoms with van der Waals surface area (Å²) in [5, 5.41) is 24.6. The third-order valence-electron chi connectivity index (χ3n) is 3.57. The normalized spacial score (nSPS) is 12.8. The summed E-state index contributed by atoms with van der Waals surface area (Å²) >= 11 is 0. The van der Waals surface area contributed by atoms with E-state index in [-0.39, 0.29) is 29.4 Å². The molecule has 0 fully saturated rings. The first-order chi connectivity index (χ1) is 11.9. The van der Waals surface area contributed by atoms with Crippen molar-refractivity contribution in [1.29, 1.82) is 5.26 Å². The standard InChI is InChI=1S/C16H12N4O5/c1-9-3-10(2)19(18-9)16(21)12(7-17)4-11-5-14-15(25-8-24-14)6-13(11)20(22)23/h3-6H,8H2,1-2H3/b12-4+. The first kappa shape index (κ1) is 16.2. The molecule has 9 nitrogen and oxygen atoms in total. The molecule has 0 radical (unpaired) electrons. The Labute approximate surface area is 141 Å². The number of nitrogens with zero attached hydrogens (tertiary/aromatic N) is 4. The first-order valence-corrected chi connectivity index (χ1v) is 7.18. The summed E-state index contributed by atoms with van der Waals surface area (Å²) in [6, 6.07) is 6.04. The van der Waals surface area contributed by atoms with E-state index >= 15 is 0 Å². The smallest absolute Gasteiger partial charge is 0.289 e. The second-order valence-electron chi connectivity index (χ2n) is 5.34. The molecule has 9 heteroatoms. The number of allylic oxidation sites excluding steroid dienone is 1. The zero-order valence-corrected chi connectivity index (χ0v) is 13.3. The zero-order chi connectivity index (χ0) is 18.1. The summed E-state index contributed by atoms with van der Waals surface area (Å²) < 4.78 is 11.4. The van der Waals surface area contributed by atoms with Gasteiger partial charge < -0.3 is 9.47 Å². The average molecular weight is 340 g/mol. The lowest BCUT2D eigenvalue weighted by Crippen LogP contribution is -2.15. The fraction of sp³-hybridized carbons (Fsp3) is 0.188. The number of benzene rings is 1. The lowest BCUT2D eigenvalue weighted by atomic mass is 10.1. The van der Waals surface area contributed by atoms with Crippen molar-refractivity contribution in [1.82, 2.24) is 9.78 Å². The number of hydrogen-bond acceptors (Lipinski definition) is 7. The van der Waals surface area contributed by atoms with Crippen molar-refractivity contribution in [3.05, 3.63) is 50.8 Å². The van der Waals surface area contributed by atoms with Crippen LogP contribution in [0.1, 0.15) is 21.7 Å². The van der Waals surface area contributed by atoms with Gasteiger partial charge in [0.25, 0.3) is 11.6 Å². The van der Waals surface area contributed by atoms with E-state index in [4.69, 9.17) is 9.47 Å². The Morgan fingerprint density at radius 2 is 2.04 bits per heavy atom. The average Bonchev–Trinajstić information content (AvgIpc) is 3.16. The minimum Gasteiger partial charge on any atom is -0.454 e. The van der Waals surface area contributed by atoms with Crippen LogP contribution in [0.25, 0.3) is 6.08 Å². The second-order valence-corrected chi connectivity index (χ2v) is 5.34. The number of fused-ring (bicyclic) bond motifs is 1. The lowest BCUT2D eigenvalue weighted by Gasteiger charge is -2.04. The first-order valence-electron chi connectivity index (χ1n) is 7.18. The maximum Gasteiger partial charge on any atom is 0.289 e. The van der Waals surface area contributed by atoms with E-state index in [9.17, 15) is 20.2 Å². The van der Waals surface area contributed by atoms with Gasteiger partial charge in [0.1, 0.15) is 11.6 Å². The highest BCUT2D eigenvalue weighted by Gasteiger charge is 2.24. The molecule has 0 unspecified atom stereocenters. The Balaban J connectivity index is 2.09. The minimum absolute atomic E-state index is 0.0462. The van der Waals surface area contributed by atoms with Crippen LogP contribution in [0.2, 0.25) is 0 Å². The third kappa shape index (κ3) is 2.92. The number of hydrogen-bond donors (Lipinski definition) is 0. The molecular formula is C16H12N4O5. The fourth-order valence-electron chi connectivity index (χ4n) is 2.47. The summed E-state index contributed by atoms with van der Waals surface area (Å²) in [6.07, 6.45) is 1.15. The van der Waals surface area contributed by atoms with Crippen molar-refractivity contribution in [3.8, 4) is 17.6 Å². The van der Waals surface area contributed by atoms with Crippen LogP contribution in [0.3, 0.4) is 0 Å². The number of nitriles is 1. The predicted molar refractivity (Wildman–Crippen MR) is 85.1 cm³/mol. The van der Waals surface area contributed by atoms with Crippen molar-refractivity contribution in [2.45, 2.75) is 13.8 Å². The van der Waals surface area contributed by atoms with E-state index in [1.807, 2.05) is 0 Å². The van der Waals surface area contributed by atoms with Crippen LogP contribution in [0.5, 0.6) is 11.5 Å². The van der Waals surface area contributed by atoms with E-state index in [1.54, 1.807) is 26.0 Å². The highest BCUT2D eigenvalue weighted by atomic mass is 16.7. The molecule has 1 aromatic carbocycles. The van der Waals surface area contributed by atoms with Crippen molar-refractivity contribution >= 4 is 17.7 Å².